The van der Waals surface area contributed by atoms with E-state index in [0.29, 0.717) is 38.5 Å². The van der Waals surface area contributed by atoms with Crippen LogP contribution >= 0.6 is 12.4 Å². The fourth-order valence-corrected chi connectivity index (χ4v) is 6.61. The lowest BCUT2D eigenvalue weighted by Gasteiger charge is -2.52. The number of hydrogen-bond acceptors (Lipinski definition) is 5. The van der Waals surface area contributed by atoms with Gasteiger partial charge < -0.3 is 19.7 Å². The zero-order valence-corrected chi connectivity index (χ0v) is 23.2. The second-order valence-electron chi connectivity index (χ2n) is 11.2. The van der Waals surface area contributed by atoms with Gasteiger partial charge in [0.2, 0.25) is 11.8 Å². The first-order valence-electron chi connectivity index (χ1n) is 14.3. The van der Waals surface area contributed by atoms with Crippen LogP contribution in [0.4, 0.5) is 0 Å². The van der Waals surface area contributed by atoms with E-state index in [1.165, 1.54) is 37.7 Å². The lowest BCUT2D eigenvalue weighted by Crippen LogP contribution is -2.72. The molecule has 0 aromatic heterocycles. The normalized spacial score (nSPS) is 24.0. The number of likely N-dealkylation sites (tertiary alicyclic amines) is 1. The second kappa shape index (κ2) is 12.7. The largest absolute Gasteiger partial charge is 0.486 e. The minimum atomic E-state index is -0.698. The average molecular weight is 534 g/mol. The molecule has 1 aromatic carbocycles. The highest BCUT2D eigenvalue weighted by Crippen LogP contribution is 2.36. The molecule has 206 valence electrons. The van der Waals surface area contributed by atoms with E-state index < -0.39 is 5.54 Å². The Morgan fingerprint density at radius 2 is 1.73 bits per heavy atom. The van der Waals surface area contributed by atoms with Gasteiger partial charge in [0.15, 0.2) is 11.5 Å². The molecule has 3 aliphatic heterocycles. The quantitative estimate of drug-likeness (QED) is 0.524. The Hall–Kier alpha value is -1.99. The Morgan fingerprint density at radius 3 is 2.46 bits per heavy atom. The van der Waals surface area contributed by atoms with Crippen molar-refractivity contribution in [2.45, 2.75) is 95.7 Å². The number of carbonyl (C=O) groups is 2. The summed E-state index contributed by atoms with van der Waals surface area (Å²) < 4.78 is 11.4. The number of piperazine rings is 1. The van der Waals surface area contributed by atoms with Crippen LogP contribution in [0.25, 0.3) is 0 Å². The Balaban J connectivity index is 0.00000320. The summed E-state index contributed by atoms with van der Waals surface area (Å²) >= 11 is 0. The first kappa shape index (κ1) is 28.0. The summed E-state index contributed by atoms with van der Waals surface area (Å²) in [6, 6.07) is 5.81. The molecule has 1 atom stereocenters. The van der Waals surface area contributed by atoms with E-state index in [0.717, 1.165) is 56.8 Å². The number of unbranched alkanes of at least 4 members (excludes halogenated alkanes) is 1. The highest BCUT2D eigenvalue weighted by atomic mass is 35.5. The molecule has 1 aromatic rings. The van der Waals surface area contributed by atoms with E-state index in [2.05, 4.69) is 29.3 Å². The van der Waals surface area contributed by atoms with Crippen LogP contribution in [0.1, 0.15) is 83.1 Å². The van der Waals surface area contributed by atoms with E-state index in [-0.39, 0.29) is 30.3 Å². The van der Waals surface area contributed by atoms with E-state index >= 15 is 0 Å². The monoisotopic (exact) mass is 533 g/mol. The van der Waals surface area contributed by atoms with Gasteiger partial charge in [0.25, 0.3) is 0 Å². The Bertz CT molecular complexity index is 928. The number of ether oxygens (including phenoxy) is 2. The van der Waals surface area contributed by atoms with Crippen molar-refractivity contribution in [1.29, 1.82) is 0 Å². The smallest absolute Gasteiger partial charge is 0.246 e. The van der Waals surface area contributed by atoms with Gasteiger partial charge in [0.1, 0.15) is 24.8 Å². The van der Waals surface area contributed by atoms with Crippen LogP contribution in [-0.4, -0.2) is 66.0 Å². The van der Waals surface area contributed by atoms with Crippen molar-refractivity contribution in [3.8, 4) is 11.5 Å². The Morgan fingerprint density at radius 1 is 1.00 bits per heavy atom. The summed E-state index contributed by atoms with van der Waals surface area (Å²) in [5.74, 6) is 2.57. The van der Waals surface area contributed by atoms with E-state index in [9.17, 15) is 9.59 Å². The molecule has 1 unspecified atom stereocenters. The third-order valence-corrected chi connectivity index (χ3v) is 8.83. The maximum absolute atomic E-state index is 13.7. The second-order valence-corrected chi connectivity index (χ2v) is 11.2. The molecule has 3 fully saturated rings. The molecule has 5 rings (SSSR count). The standard InChI is InChI=1S/C29H43N3O4.ClH/c1-2-3-15-32-27(33)24(11-9-22-7-5-4-6-8-22)30-28(34)29(32)13-16-31(17-14-29)21-23-10-12-25-26(20-23)36-19-18-35-25;/h10,12,20,22,24H,2-9,11,13-19,21H2,1H3,(H,30,34);1H. The summed E-state index contributed by atoms with van der Waals surface area (Å²) in [4.78, 5) is 31.7. The molecule has 8 heteroatoms. The third-order valence-electron chi connectivity index (χ3n) is 8.83. The molecule has 1 saturated carbocycles. The first-order valence-corrected chi connectivity index (χ1v) is 14.3. The number of rotatable bonds is 8. The SMILES string of the molecule is CCCCN1C(=O)C(CCC2CCCCC2)NC(=O)C12CCN(Cc1ccc3c(c1)OCCO3)CC2.Cl. The fraction of sp³-hybridized carbons (Fsp3) is 0.724. The van der Waals surface area contributed by atoms with E-state index in [4.69, 9.17) is 9.47 Å². The molecular weight excluding hydrogens is 490 g/mol. The fourth-order valence-electron chi connectivity index (χ4n) is 6.61. The molecule has 7 nitrogen and oxygen atoms in total. The summed E-state index contributed by atoms with van der Waals surface area (Å²) in [6.07, 6.45) is 11.7. The molecule has 37 heavy (non-hydrogen) atoms. The average Bonchev–Trinajstić information content (AvgIpc) is 2.91. The van der Waals surface area contributed by atoms with Gasteiger partial charge in [-0.3, -0.25) is 14.5 Å². The molecule has 2 saturated heterocycles. The van der Waals surface area contributed by atoms with Crippen LogP contribution in [0.2, 0.25) is 0 Å². The van der Waals surface area contributed by atoms with Gasteiger partial charge >= 0.3 is 0 Å². The highest BCUT2D eigenvalue weighted by Gasteiger charge is 2.53. The molecular formula is C29H44ClN3O4. The molecule has 4 aliphatic rings. The number of carbonyl (C=O) groups excluding carboxylic acids is 2. The predicted molar refractivity (Wildman–Crippen MR) is 146 cm³/mol. The number of piperidine rings is 1. The molecule has 2 amide bonds. The zero-order chi connectivity index (χ0) is 25.0. The van der Waals surface area contributed by atoms with Gasteiger partial charge in [0.05, 0.1) is 0 Å². The number of hydrogen-bond donors (Lipinski definition) is 1. The molecule has 0 bridgehead atoms. The van der Waals surface area contributed by atoms with Gasteiger partial charge in [-0.05, 0) is 55.7 Å². The van der Waals surface area contributed by atoms with Crippen molar-refractivity contribution in [1.82, 2.24) is 15.1 Å². The molecule has 1 N–H and O–H groups in total. The minimum absolute atomic E-state index is 0. The summed E-state index contributed by atoms with van der Waals surface area (Å²) in [5, 5.41) is 3.19. The summed E-state index contributed by atoms with van der Waals surface area (Å²) in [5.41, 5.74) is 0.488. The Kier molecular flexibility index (Phi) is 9.62. The maximum atomic E-state index is 13.7. The summed E-state index contributed by atoms with van der Waals surface area (Å²) in [7, 11) is 0. The van der Waals surface area contributed by atoms with Crippen molar-refractivity contribution in [2.75, 3.05) is 32.8 Å². The zero-order valence-electron chi connectivity index (χ0n) is 22.3. The number of nitrogens with one attached hydrogen (secondary N) is 1. The third kappa shape index (κ3) is 6.19. The van der Waals surface area contributed by atoms with Crippen molar-refractivity contribution in [3.63, 3.8) is 0 Å². The molecule has 1 aliphatic carbocycles. The number of halogens is 1. The van der Waals surface area contributed by atoms with Gasteiger partial charge in [0, 0.05) is 26.2 Å². The van der Waals surface area contributed by atoms with Crippen LogP contribution in [0, 0.1) is 5.92 Å². The van der Waals surface area contributed by atoms with E-state index in [1.54, 1.807) is 0 Å². The van der Waals surface area contributed by atoms with Crippen molar-refractivity contribution >= 4 is 24.2 Å². The molecule has 1 spiro atoms. The van der Waals surface area contributed by atoms with Crippen LogP contribution in [0.15, 0.2) is 18.2 Å². The van der Waals surface area contributed by atoms with Crippen molar-refractivity contribution in [3.05, 3.63) is 23.8 Å². The Labute approximate surface area is 228 Å². The maximum Gasteiger partial charge on any atom is 0.246 e. The van der Waals surface area contributed by atoms with Gasteiger partial charge in [-0.25, -0.2) is 0 Å². The molecule has 3 heterocycles. The number of benzene rings is 1. The van der Waals surface area contributed by atoms with Crippen molar-refractivity contribution in [2.24, 2.45) is 5.92 Å². The molecule has 0 radical (unpaired) electrons. The first-order chi connectivity index (χ1) is 17.6. The summed E-state index contributed by atoms with van der Waals surface area (Å²) in [6.45, 7) is 6.41. The number of fused-ring (bicyclic) bond motifs is 1. The number of nitrogens with zero attached hydrogens (tertiary/aromatic N) is 2. The topological polar surface area (TPSA) is 71.1 Å². The number of amides is 2. The van der Waals surface area contributed by atoms with Gasteiger partial charge in [-0.2, -0.15) is 0 Å². The predicted octanol–water partition coefficient (Wildman–Crippen LogP) is 4.70. The van der Waals surface area contributed by atoms with Crippen LogP contribution < -0.4 is 14.8 Å². The minimum Gasteiger partial charge on any atom is -0.486 e. The van der Waals surface area contributed by atoms with Crippen LogP contribution in [0.5, 0.6) is 11.5 Å². The highest BCUT2D eigenvalue weighted by molar-refractivity contribution is 6.00. The lowest BCUT2D eigenvalue weighted by molar-refractivity contribution is -0.161. The van der Waals surface area contributed by atoms with Gasteiger partial charge in [-0.1, -0.05) is 51.5 Å². The lowest BCUT2D eigenvalue weighted by atomic mass is 9.80. The van der Waals surface area contributed by atoms with Crippen molar-refractivity contribution < 1.29 is 19.1 Å². The van der Waals surface area contributed by atoms with Gasteiger partial charge in [-0.15, -0.1) is 12.4 Å². The van der Waals surface area contributed by atoms with E-state index in [1.807, 2.05) is 11.0 Å². The van der Waals surface area contributed by atoms with Crippen LogP contribution in [-0.2, 0) is 16.1 Å². The van der Waals surface area contributed by atoms with Crippen LogP contribution in [0.3, 0.4) is 0 Å².